The molecule has 3 fully saturated rings. The molecule has 2 nitrogen and oxygen atoms in total. The Hall–Kier alpha value is -0.860. The lowest BCUT2D eigenvalue weighted by molar-refractivity contribution is 0.0988. The Labute approximate surface area is 160 Å². The zero-order valence-electron chi connectivity index (χ0n) is 17.0. The van der Waals surface area contributed by atoms with Crippen LogP contribution >= 0.6 is 0 Å². The van der Waals surface area contributed by atoms with Gasteiger partial charge in [0.1, 0.15) is 6.23 Å². The van der Waals surface area contributed by atoms with Crippen LogP contribution in [0.15, 0.2) is 24.3 Å². The highest BCUT2D eigenvalue weighted by molar-refractivity contribution is 5.28. The van der Waals surface area contributed by atoms with Gasteiger partial charge in [0.2, 0.25) is 0 Å². The first-order chi connectivity index (χ1) is 12.5. The molecular weight excluding hydrogens is 318 g/mol. The van der Waals surface area contributed by atoms with E-state index in [9.17, 15) is 0 Å². The Morgan fingerprint density at radius 1 is 0.962 bits per heavy atom. The van der Waals surface area contributed by atoms with E-state index in [-0.39, 0.29) is 11.8 Å². The van der Waals surface area contributed by atoms with Gasteiger partial charge >= 0.3 is 0 Å². The zero-order valence-corrected chi connectivity index (χ0v) is 17.0. The third-order valence-corrected chi connectivity index (χ3v) is 7.26. The van der Waals surface area contributed by atoms with Crippen LogP contribution in [-0.4, -0.2) is 12.1 Å². The summed E-state index contributed by atoms with van der Waals surface area (Å²) < 4.78 is 5.93. The summed E-state index contributed by atoms with van der Waals surface area (Å²) in [7, 11) is 0. The molecule has 1 aromatic carbocycles. The van der Waals surface area contributed by atoms with Crippen molar-refractivity contribution < 1.29 is 4.74 Å². The SMILES string of the molecule is CCCC1CCC2CC(c3ccc(C4NC(C)(C)CO4)cc3)CCC2C1. The molecule has 2 heteroatoms. The van der Waals surface area contributed by atoms with Crippen molar-refractivity contribution in [3.05, 3.63) is 35.4 Å². The molecule has 144 valence electrons. The summed E-state index contributed by atoms with van der Waals surface area (Å²) in [5.74, 6) is 3.82. The lowest BCUT2D eigenvalue weighted by Gasteiger charge is -2.42. The molecule has 0 bridgehead atoms. The van der Waals surface area contributed by atoms with Gasteiger partial charge in [0.15, 0.2) is 0 Å². The maximum Gasteiger partial charge on any atom is 0.134 e. The van der Waals surface area contributed by atoms with E-state index in [0.717, 1.165) is 30.3 Å². The molecule has 1 aliphatic heterocycles. The molecule has 1 heterocycles. The van der Waals surface area contributed by atoms with Crippen molar-refractivity contribution >= 4 is 0 Å². The number of nitrogens with one attached hydrogen (secondary N) is 1. The summed E-state index contributed by atoms with van der Waals surface area (Å²) in [6.45, 7) is 7.54. The Balaban J connectivity index is 1.36. The summed E-state index contributed by atoms with van der Waals surface area (Å²) in [5.41, 5.74) is 2.91. The molecule has 5 unspecified atom stereocenters. The van der Waals surface area contributed by atoms with E-state index >= 15 is 0 Å². The second kappa shape index (κ2) is 7.64. The normalized spacial score (nSPS) is 36.7. The van der Waals surface area contributed by atoms with E-state index in [1.54, 1.807) is 5.56 Å². The first-order valence-electron chi connectivity index (χ1n) is 11.0. The third-order valence-electron chi connectivity index (χ3n) is 7.26. The van der Waals surface area contributed by atoms with Gasteiger partial charge < -0.3 is 4.74 Å². The van der Waals surface area contributed by atoms with Crippen LogP contribution in [-0.2, 0) is 4.74 Å². The Kier molecular flexibility index (Phi) is 5.43. The summed E-state index contributed by atoms with van der Waals surface area (Å²) in [4.78, 5) is 0. The Morgan fingerprint density at radius 3 is 2.35 bits per heavy atom. The van der Waals surface area contributed by atoms with Crippen LogP contribution in [0.2, 0.25) is 0 Å². The zero-order chi connectivity index (χ0) is 18.1. The summed E-state index contributed by atoms with van der Waals surface area (Å²) >= 11 is 0. The second-order valence-corrected chi connectivity index (χ2v) is 9.88. The monoisotopic (exact) mass is 355 g/mol. The molecule has 1 aromatic rings. The van der Waals surface area contributed by atoms with E-state index in [2.05, 4.69) is 50.4 Å². The molecule has 26 heavy (non-hydrogen) atoms. The first kappa shape index (κ1) is 18.5. The fourth-order valence-corrected chi connectivity index (χ4v) is 5.81. The molecule has 3 aliphatic rings. The van der Waals surface area contributed by atoms with E-state index in [0.29, 0.717) is 0 Å². The number of hydrogen-bond donors (Lipinski definition) is 1. The summed E-state index contributed by atoms with van der Waals surface area (Å²) in [6, 6.07) is 9.33. The number of hydrogen-bond acceptors (Lipinski definition) is 2. The predicted octanol–water partition coefficient (Wildman–Crippen LogP) is 6.18. The molecule has 2 aliphatic carbocycles. The van der Waals surface area contributed by atoms with Crippen LogP contribution in [0.3, 0.4) is 0 Å². The molecule has 0 radical (unpaired) electrons. The average Bonchev–Trinajstić information content (AvgIpc) is 3.01. The van der Waals surface area contributed by atoms with Crippen molar-refractivity contribution in [3.63, 3.8) is 0 Å². The fraction of sp³-hybridized carbons (Fsp3) is 0.750. The van der Waals surface area contributed by atoms with Crippen LogP contribution in [0, 0.1) is 17.8 Å². The molecule has 2 saturated carbocycles. The van der Waals surface area contributed by atoms with Crippen LogP contribution in [0.1, 0.15) is 95.4 Å². The molecule has 1 saturated heterocycles. The van der Waals surface area contributed by atoms with Crippen molar-refractivity contribution in [2.24, 2.45) is 17.8 Å². The van der Waals surface area contributed by atoms with Crippen molar-refractivity contribution in [3.8, 4) is 0 Å². The molecule has 5 atom stereocenters. The smallest absolute Gasteiger partial charge is 0.134 e. The highest BCUT2D eigenvalue weighted by atomic mass is 16.5. The Bertz CT molecular complexity index is 593. The maximum atomic E-state index is 5.93. The molecule has 0 aromatic heterocycles. The number of ether oxygens (including phenoxy) is 1. The lowest BCUT2D eigenvalue weighted by Crippen LogP contribution is -2.35. The average molecular weight is 356 g/mol. The third kappa shape index (κ3) is 4.02. The van der Waals surface area contributed by atoms with Crippen molar-refractivity contribution in [2.45, 2.75) is 89.8 Å². The second-order valence-electron chi connectivity index (χ2n) is 9.88. The summed E-state index contributed by atoms with van der Waals surface area (Å²) in [5, 5.41) is 3.57. The largest absolute Gasteiger partial charge is 0.357 e. The van der Waals surface area contributed by atoms with Crippen LogP contribution in [0.5, 0.6) is 0 Å². The quantitative estimate of drug-likeness (QED) is 0.696. The number of fused-ring (bicyclic) bond motifs is 1. The Morgan fingerprint density at radius 2 is 1.65 bits per heavy atom. The van der Waals surface area contributed by atoms with Crippen molar-refractivity contribution in [1.82, 2.24) is 5.32 Å². The number of benzene rings is 1. The minimum atomic E-state index is 0.0589. The number of rotatable bonds is 4. The van der Waals surface area contributed by atoms with Crippen LogP contribution < -0.4 is 5.32 Å². The van der Waals surface area contributed by atoms with E-state index in [1.807, 2.05) is 0 Å². The maximum absolute atomic E-state index is 5.93. The fourth-order valence-electron chi connectivity index (χ4n) is 5.81. The highest BCUT2D eigenvalue weighted by Crippen LogP contribution is 2.48. The van der Waals surface area contributed by atoms with Crippen LogP contribution in [0.4, 0.5) is 0 Å². The molecule has 1 N–H and O–H groups in total. The van der Waals surface area contributed by atoms with Gasteiger partial charge in [0.25, 0.3) is 0 Å². The minimum absolute atomic E-state index is 0.0589. The van der Waals surface area contributed by atoms with E-state index < -0.39 is 0 Å². The topological polar surface area (TPSA) is 21.3 Å². The van der Waals surface area contributed by atoms with Gasteiger partial charge in [0, 0.05) is 5.54 Å². The van der Waals surface area contributed by atoms with Gasteiger partial charge in [-0.15, -0.1) is 0 Å². The van der Waals surface area contributed by atoms with Gasteiger partial charge in [-0.1, -0.05) is 50.5 Å². The predicted molar refractivity (Wildman–Crippen MR) is 108 cm³/mol. The van der Waals surface area contributed by atoms with Gasteiger partial charge in [-0.05, 0) is 80.8 Å². The van der Waals surface area contributed by atoms with Crippen molar-refractivity contribution in [1.29, 1.82) is 0 Å². The van der Waals surface area contributed by atoms with Gasteiger partial charge in [-0.2, -0.15) is 0 Å². The summed E-state index contributed by atoms with van der Waals surface area (Å²) in [6.07, 6.45) is 11.7. The van der Waals surface area contributed by atoms with Gasteiger partial charge in [-0.25, -0.2) is 0 Å². The molecule has 4 rings (SSSR count). The minimum Gasteiger partial charge on any atom is -0.357 e. The first-order valence-corrected chi connectivity index (χ1v) is 11.0. The van der Waals surface area contributed by atoms with Crippen molar-refractivity contribution in [2.75, 3.05) is 6.61 Å². The molecule has 0 amide bonds. The molecule has 0 spiro atoms. The standard InChI is InChI=1S/C24H37NO/c1-4-5-17-6-7-22-15-21(13-12-20(22)14-17)18-8-10-19(11-9-18)23-25-24(2,3)16-26-23/h8-11,17,20-23,25H,4-7,12-16H2,1-3H3. The highest BCUT2D eigenvalue weighted by Gasteiger charge is 2.36. The lowest BCUT2D eigenvalue weighted by atomic mass is 9.63. The van der Waals surface area contributed by atoms with Gasteiger partial charge in [-0.3, -0.25) is 5.32 Å². The van der Waals surface area contributed by atoms with E-state index in [4.69, 9.17) is 4.74 Å². The van der Waals surface area contributed by atoms with Gasteiger partial charge in [0.05, 0.1) is 6.61 Å². The molecular formula is C24H37NO. The van der Waals surface area contributed by atoms with E-state index in [1.165, 1.54) is 56.9 Å². The van der Waals surface area contributed by atoms with Crippen LogP contribution in [0.25, 0.3) is 0 Å².